The van der Waals surface area contributed by atoms with Gasteiger partial charge in [0.1, 0.15) is 0 Å². The predicted molar refractivity (Wildman–Crippen MR) is 170 cm³/mol. The van der Waals surface area contributed by atoms with E-state index in [4.69, 9.17) is 9.97 Å². The van der Waals surface area contributed by atoms with Gasteiger partial charge in [-0.15, -0.1) is 0 Å². The van der Waals surface area contributed by atoms with Gasteiger partial charge < -0.3 is 4.57 Å². The van der Waals surface area contributed by atoms with Crippen LogP contribution in [0.1, 0.15) is 0 Å². The fourth-order valence-corrected chi connectivity index (χ4v) is 5.84. The van der Waals surface area contributed by atoms with Crippen LogP contribution in [0.25, 0.3) is 72.0 Å². The zero-order valence-electron chi connectivity index (χ0n) is 22.3. The van der Waals surface area contributed by atoms with Crippen LogP contribution in [0.2, 0.25) is 0 Å². The molecule has 0 aliphatic rings. The fraction of sp³-hybridized carbons (Fsp3) is 0. The van der Waals surface area contributed by atoms with E-state index in [0.717, 1.165) is 50.2 Å². The van der Waals surface area contributed by atoms with Gasteiger partial charge in [0.15, 0.2) is 0 Å². The fourth-order valence-electron chi connectivity index (χ4n) is 5.84. The van der Waals surface area contributed by atoms with Crippen LogP contribution < -0.4 is 0 Å². The average Bonchev–Trinajstić information content (AvgIpc) is 3.39. The maximum absolute atomic E-state index is 4.96. The molecule has 0 amide bonds. The Bertz CT molecular complexity index is 2210. The minimum atomic E-state index is 0.958. The van der Waals surface area contributed by atoms with Crippen LogP contribution in [-0.4, -0.2) is 14.5 Å². The Morgan fingerprint density at radius 2 is 1.22 bits per heavy atom. The number of benzene rings is 5. The summed E-state index contributed by atoms with van der Waals surface area (Å²) in [6.45, 7) is 0. The molecule has 3 nitrogen and oxygen atoms in total. The van der Waals surface area contributed by atoms with E-state index in [-0.39, 0.29) is 0 Å². The second kappa shape index (κ2) is 9.58. The van der Waals surface area contributed by atoms with E-state index in [1.54, 1.807) is 0 Å². The Morgan fingerprint density at radius 3 is 2.17 bits per heavy atom. The van der Waals surface area contributed by atoms with Gasteiger partial charge in [-0.2, -0.15) is 0 Å². The first kappa shape index (κ1) is 23.4. The molecule has 8 rings (SSSR count). The summed E-state index contributed by atoms with van der Waals surface area (Å²) in [5.74, 6) is 0. The van der Waals surface area contributed by atoms with Crippen molar-refractivity contribution < 1.29 is 0 Å². The molecule has 3 heterocycles. The first-order chi connectivity index (χ1) is 20.3. The summed E-state index contributed by atoms with van der Waals surface area (Å²) in [5.41, 5.74) is 10.9. The molecule has 8 aromatic rings. The molecule has 0 N–H and O–H groups in total. The predicted octanol–water partition coefficient (Wildman–Crippen LogP) is 9.73. The SMILES string of the molecule is c1ccc(-c2ccnc(-c3ccc4c5ccccc5n(-c5cccc(-c6ccc7ccccc7n6)c5)c4c3)c2)cc1. The lowest BCUT2D eigenvalue weighted by Crippen LogP contribution is -1.95. The molecule has 0 saturated carbocycles. The lowest BCUT2D eigenvalue weighted by Gasteiger charge is -2.11. The topological polar surface area (TPSA) is 30.7 Å². The minimum absolute atomic E-state index is 0.958. The van der Waals surface area contributed by atoms with Crippen molar-refractivity contribution in [3.63, 3.8) is 0 Å². The summed E-state index contributed by atoms with van der Waals surface area (Å²) in [5, 5.41) is 3.60. The van der Waals surface area contributed by atoms with Crippen molar-refractivity contribution in [1.29, 1.82) is 0 Å². The third-order valence-electron chi connectivity index (χ3n) is 7.84. The Morgan fingerprint density at radius 1 is 0.439 bits per heavy atom. The summed E-state index contributed by atoms with van der Waals surface area (Å²) < 4.78 is 2.36. The van der Waals surface area contributed by atoms with Gasteiger partial charge in [0.05, 0.1) is 27.9 Å². The second-order valence-corrected chi connectivity index (χ2v) is 10.3. The van der Waals surface area contributed by atoms with Crippen LogP contribution in [0.15, 0.2) is 152 Å². The minimum Gasteiger partial charge on any atom is -0.309 e. The van der Waals surface area contributed by atoms with E-state index >= 15 is 0 Å². The number of rotatable bonds is 4. The molecular weight excluding hydrogens is 498 g/mol. The second-order valence-electron chi connectivity index (χ2n) is 10.3. The zero-order valence-corrected chi connectivity index (χ0v) is 22.3. The number of hydrogen-bond acceptors (Lipinski definition) is 2. The van der Waals surface area contributed by atoms with Gasteiger partial charge in [0.2, 0.25) is 0 Å². The molecular formula is C38H25N3. The van der Waals surface area contributed by atoms with Crippen LogP contribution in [-0.2, 0) is 0 Å². The molecule has 0 bridgehead atoms. The van der Waals surface area contributed by atoms with Crippen LogP contribution in [0, 0.1) is 0 Å². The van der Waals surface area contributed by atoms with Crippen molar-refractivity contribution >= 4 is 32.7 Å². The standard InChI is InChI=1S/C38H25N3/c1-2-9-26(10-3-1)28-21-22-39-36(24-28)30-17-19-33-32-14-5-7-16-37(32)41(38(33)25-30)31-13-8-12-29(23-31)35-20-18-27-11-4-6-15-34(27)40-35/h1-25H. The highest BCUT2D eigenvalue weighted by atomic mass is 15.0. The zero-order chi connectivity index (χ0) is 27.2. The van der Waals surface area contributed by atoms with E-state index in [0.29, 0.717) is 0 Å². The summed E-state index contributed by atoms with van der Waals surface area (Å²) in [7, 11) is 0. The van der Waals surface area contributed by atoms with Crippen molar-refractivity contribution in [2.45, 2.75) is 0 Å². The first-order valence-corrected chi connectivity index (χ1v) is 13.8. The number of nitrogens with zero attached hydrogens (tertiary/aromatic N) is 3. The van der Waals surface area contributed by atoms with Gasteiger partial charge in [-0.05, 0) is 59.7 Å². The number of hydrogen-bond donors (Lipinski definition) is 0. The molecule has 0 atom stereocenters. The van der Waals surface area contributed by atoms with Crippen LogP contribution in [0.4, 0.5) is 0 Å². The third-order valence-corrected chi connectivity index (χ3v) is 7.84. The van der Waals surface area contributed by atoms with Crippen molar-refractivity contribution in [3.8, 4) is 39.3 Å². The van der Waals surface area contributed by atoms with E-state index in [2.05, 4.69) is 132 Å². The maximum Gasteiger partial charge on any atom is 0.0710 e. The van der Waals surface area contributed by atoms with Gasteiger partial charge in [-0.3, -0.25) is 4.98 Å². The van der Waals surface area contributed by atoms with Crippen LogP contribution >= 0.6 is 0 Å². The highest BCUT2D eigenvalue weighted by Gasteiger charge is 2.15. The molecule has 0 unspecified atom stereocenters. The van der Waals surface area contributed by atoms with Crippen molar-refractivity contribution in [3.05, 3.63) is 152 Å². The molecule has 0 fully saturated rings. The van der Waals surface area contributed by atoms with E-state index in [9.17, 15) is 0 Å². The summed E-state index contributed by atoms with van der Waals surface area (Å²) in [6.07, 6.45) is 1.90. The Labute approximate surface area is 238 Å². The average molecular weight is 524 g/mol. The molecule has 41 heavy (non-hydrogen) atoms. The van der Waals surface area contributed by atoms with E-state index in [1.165, 1.54) is 21.9 Å². The molecule has 5 aromatic carbocycles. The van der Waals surface area contributed by atoms with Crippen LogP contribution in [0.3, 0.4) is 0 Å². The summed E-state index contributed by atoms with van der Waals surface area (Å²) in [4.78, 5) is 9.72. The molecule has 3 aromatic heterocycles. The molecule has 0 radical (unpaired) electrons. The highest BCUT2D eigenvalue weighted by Crippen LogP contribution is 2.36. The number of fused-ring (bicyclic) bond motifs is 4. The van der Waals surface area contributed by atoms with Crippen molar-refractivity contribution in [1.82, 2.24) is 14.5 Å². The van der Waals surface area contributed by atoms with Gasteiger partial charge in [0.25, 0.3) is 0 Å². The van der Waals surface area contributed by atoms with Gasteiger partial charge in [0, 0.05) is 39.2 Å². The summed E-state index contributed by atoms with van der Waals surface area (Å²) in [6, 6.07) is 51.2. The van der Waals surface area contributed by atoms with E-state index in [1.807, 2.05) is 24.4 Å². The Kier molecular flexibility index (Phi) is 5.46. The summed E-state index contributed by atoms with van der Waals surface area (Å²) >= 11 is 0. The molecule has 192 valence electrons. The molecule has 0 saturated heterocycles. The third kappa shape index (κ3) is 4.07. The van der Waals surface area contributed by atoms with Gasteiger partial charge in [-0.1, -0.05) is 97.1 Å². The van der Waals surface area contributed by atoms with Crippen LogP contribution in [0.5, 0.6) is 0 Å². The van der Waals surface area contributed by atoms with Gasteiger partial charge >= 0.3 is 0 Å². The van der Waals surface area contributed by atoms with E-state index < -0.39 is 0 Å². The molecule has 0 aliphatic heterocycles. The maximum atomic E-state index is 4.96. The smallest absolute Gasteiger partial charge is 0.0710 e. The lowest BCUT2D eigenvalue weighted by molar-refractivity contribution is 1.18. The van der Waals surface area contributed by atoms with Crippen molar-refractivity contribution in [2.75, 3.05) is 0 Å². The lowest BCUT2D eigenvalue weighted by atomic mass is 10.0. The molecule has 0 spiro atoms. The number of aromatic nitrogens is 3. The van der Waals surface area contributed by atoms with Crippen molar-refractivity contribution in [2.24, 2.45) is 0 Å². The van der Waals surface area contributed by atoms with Gasteiger partial charge in [-0.25, -0.2) is 4.98 Å². The number of para-hydroxylation sites is 2. The Hall–Kier alpha value is -5.54. The first-order valence-electron chi connectivity index (χ1n) is 13.8. The Balaban J connectivity index is 1.30. The normalized spacial score (nSPS) is 11.4. The quantitative estimate of drug-likeness (QED) is 0.230. The monoisotopic (exact) mass is 523 g/mol. The molecule has 3 heteroatoms. The highest BCUT2D eigenvalue weighted by molar-refractivity contribution is 6.10. The largest absolute Gasteiger partial charge is 0.309 e. The molecule has 0 aliphatic carbocycles. The number of pyridine rings is 2.